The Morgan fingerprint density at radius 2 is 1.92 bits per heavy atom. The van der Waals surface area contributed by atoms with Crippen LogP contribution < -0.4 is 10.1 Å². The van der Waals surface area contributed by atoms with Crippen LogP contribution in [0, 0.1) is 0 Å². The zero-order valence-corrected chi connectivity index (χ0v) is 15.8. The largest absolute Gasteiger partial charge is 0.497 e. The Morgan fingerprint density at radius 1 is 1.19 bits per heavy atom. The quantitative estimate of drug-likeness (QED) is 0.422. The van der Waals surface area contributed by atoms with Gasteiger partial charge < -0.3 is 14.8 Å². The second kappa shape index (κ2) is 9.58. The van der Waals surface area contributed by atoms with Crippen LogP contribution in [0.5, 0.6) is 5.75 Å². The molecule has 0 spiro atoms. The lowest BCUT2D eigenvalue weighted by Gasteiger charge is -2.10. The van der Waals surface area contributed by atoms with Crippen molar-refractivity contribution in [3.05, 3.63) is 82.5 Å². The Hall–Kier alpha value is -2.86. The van der Waals surface area contributed by atoms with Crippen LogP contribution in [0.4, 0.5) is 0 Å². The first kappa shape index (κ1) is 19.5. The molecular weight excluding hydrogens is 398 g/mol. The Bertz CT molecular complexity index is 828. The highest BCUT2D eigenvalue weighted by Gasteiger charge is 2.16. The van der Waals surface area contributed by atoms with Crippen molar-refractivity contribution in [3.8, 4) is 5.75 Å². The lowest BCUT2D eigenvalue weighted by Crippen LogP contribution is -2.28. The molecule has 2 aromatic rings. The molecule has 2 rings (SSSR count). The molecule has 0 aliphatic carbocycles. The molecule has 26 heavy (non-hydrogen) atoms. The van der Waals surface area contributed by atoms with E-state index in [2.05, 4.69) is 27.8 Å². The van der Waals surface area contributed by atoms with Crippen molar-refractivity contribution < 1.29 is 19.1 Å². The maximum Gasteiger partial charge on any atom is 0.355 e. The van der Waals surface area contributed by atoms with Gasteiger partial charge in [-0.1, -0.05) is 46.8 Å². The molecule has 0 saturated carbocycles. The van der Waals surface area contributed by atoms with Crippen molar-refractivity contribution in [3.63, 3.8) is 0 Å². The lowest BCUT2D eigenvalue weighted by atomic mass is 10.1. The number of ether oxygens (including phenoxy) is 2. The Kier molecular flexibility index (Phi) is 7.17. The number of methoxy groups -OCH3 is 1. The fourth-order valence-electron chi connectivity index (χ4n) is 2.05. The van der Waals surface area contributed by atoms with Gasteiger partial charge in [-0.2, -0.15) is 0 Å². The van der Waals surface area contributed by atoms with Gasteiger partial charge in [0.1, 0.15) is 18.1 Å². The number of esters is 1. The van der Waals surface area contributed by atoms with E-state index in [4.69, 9.17) is 9.47 Å². The molecule has 0 aromatic heterocycles. The number of rotatable bonds is 7. The maximum absolute atomic E-state index is 12.5. The first-order valence-corrected chi connectivity index (χ1v) is 8.53. The summed E-state index contributed by atoms with van der Waals surface area (Å²) in [6, 6.07) is 13.9. The number of benzene rings is 2. The summed E-state index contributed by atoms with van der Waals surface area (Å²) in [6.07, 6.45) is 3.00. The maximum atomic E-state index is 12.5. The third-order valence-corrected chi connectivity index (χ3v) is 3.81. The topological polar surface area (TPSA) is 64.6 Å². The van der Waals surface area contributed by atoms with Crippen LogP contribution in [-0.2, 0) is 9.53 Å². The van der Waals surface area contributed by atoms with E-state index in [9.17, 15) is 9.59 Å². The summed E-state index contributed by atoms with van der Waals surface area (Å²) < 4.78 is 10.9. The fraction of sp³-hybridized carbons (Fsp3) is 0.100. The fourth-order valence-corrected chi connectivity index (χ4v) is 2.45. The normalized spacial score (nSPS) is 10.8. The summed E-state index contributed by atoms with van der Waals surface area (Å²) in [5.74, 6) is -0.373. The summed E-state index contributed by atoms with van der Waals surface area (Å²) in [6.45, 7) is 3.56. The van der Waals surface area contributed by atoms with Gasteiger partial charge in [0, 0.05) is 10.0 Å². The first-order valence-electron chi connectivity index (χ1n) is 7.74. The van der Waals surface area contributed by atoms with Crippen molar-refractivity contribution in [2.75, 3.05) is 13.7 Å². The van der Waals surface area contributed by atoms with Gasteiger partial charge in [0.15, 0.2) is 0 Å². The Labute approximate surface area is 160 Å². The second-order valence-corrected chi connectivity index (χ2v) is 6.10. The van der Waals surface area contributed by atoms with Crippen molar-refractivity contribution in [2.45, 2.75) is 0 Å². The SMILES string of the molecule is C=CCOC(=O)/C(=C\c1ccc(OC)cc1)NC(=O)c1cccc(Br)c1. The van der Waals surface area contributed by atoms with E-state index in [0.29, 0.717) is 16.9 Å². The van der Waals surface area contributed by atoms with Crippen LogP contribution in [-0.4, -0.2) is 25.6 Å². The average Bonchev–Trinajstić information content (AvgIpc) is 2.66. The number of hydrogen-bond acceptors (Lipinski definition) is 4. The molecule has 0 atom stereocenters. The monoisotopic (exact) mass is 415 g/mol. The van der Waals surface area contributed by atoms with Crippen LogP contribution in [0.1, 0.15) is 15.9 Å². The molecule has 5 nitrogen and oxygen atoms in total. The van der Waals surface area contributed by atoms with E-state index in [-0.39, 0.29) is 12.3 Å². The zero-order valence-electron chi connectivity index (χ0n) is 14.2. The van der Waals surface area contributed by atoms with E-state index >= 15 is 0 Å². The van der Waals surface area contributed by atoms with Gasteiger partial charge in [-0.05, 0) is 42.0 Å². The van der Waals surface area contributed by atoms with Crippen LogP contribution in [0.3, 0.4) is 0 Å². The van der Waals surface area contributed by atoms with Gasteiger partial charge >= 0.3 is 5.97 Å². The highest BCUT2D eigenvalue weighted by atomic mass is 79.9. The number of nitrogens with one attached hydrogen (secondary N) is 1. The molecule has 1 N–H and O–H groups in total. The minimum Gasteiger partial charge on any atom is -0.497 e. The zero-order chi connectivity index (χ0) is 18.9. The summed E-state index contributed by atoms with van der Waals surface area (Å²) in [5.41, 5.74) is 1.16. The summed E-state index contributed by atoms with van der Waals surface area (Å²) >= 11 is 3.32. The van der Waals surface area contributed by atoms with Gasteiger partial charge in [-0.15, -0.1) is 0 Å². The molecule has 0 fully saturated rings. The molecular formula is C20H18BrNO4. The number of carbonyl (C=O) groups excluding carboxylic acids is 2. The smallest absolute Gasteiger partial charge is 0.355 e. The van der Waals surface area contributed by atoms with Gasteiger partial charge in [-0.25, -0.2) is 4.79 Å². The standard InChI is InChI=1S/C20H18BrNO4/c1-3-11-26-20(24)18(12-14-7-9-17(25-2)10-8-14)22-19(23)15-5-4-6-16(21)13-15/h3-10,12-13H,1,11H2,2H3,(H,22,23)/b18-12+. The molecule has 0 radical (unpaired) electrons. The number of carbonyl (C=O) groups is 2. The van der Waals surface area contributed by atoms with Crippen LogP contribution in [0.2, 0.25) is 0 Å². The second-order valence-electron chi connectivity index (χ2n) is 5.18. The molecule has 0 saturated heterocycles. The Balaban J connectivity index is 2.27. The predicted octanol–water partition coefficient (Wildman–Crippen LogP) is 3.96. The van der Waals surface area contributed by atoms with Gasteiger partial charge in [-0.3, -0.25) is 4.79 Å². The molecule has 0 heterocycles. The summed E-state index contributed by atoms with van der Waals surface area (Å²) in [7, 11) is 1.57. The van der Waals surface area contributed by atoms with Crippen molar-refractivity contribution in [2.24, 2.45) is 0 Å². The van der Waals surface area contributed by atoms with E-state index in [1.54, 1.807) is 55.7 Å². The molecule has 134 valence electrons. The first-order chi connectivity index (χ1) is 12.5. The van der Waals surface area contributed by atoms with E-state index in [1.807, 2.05) is 6.07 Å². The minimum absolute atomic E-state index is 0.0296. The van der Waals surface area contributed by atoms with Crippen molar-refractivity contribution in [1.29, 1.82) is 0 Å². The predicted molar refractivity (Wildman–Crippen MR) is 104 cm³/mol. The summed E-state index contributed by atoms with van der Waals surface area (Å²) in [4.78, 5) is 24.7. The molecule has 0 unspecified atom stereocenters. The van der Waals surface area contributed by atoms with Gasteiger partial charge in [0.2, 0.25) is 0 Å². The highest BCUT2D eigenvalue weighted by molar-refractivity contribution is 9.10. The highest BCUT2D eigenvalue weighted by Crippen LogP contribution is 2.15. The van der Waals surface area contributed by atoms with E-state index in [0.717, 1.165) is 4.47 Å². The van der Waals surface area contributed by atoms with Crippen LogP contribution in [0.15, 0.2) is 71.4 Å². The third-order valence-electron chi connectivity index (χ3n) is 3.31. The third kappa shape index (κ3) is 5.60. The molecule has 6 heteroatoms. The molecule has 2 aromatic carbocycles. The van der Waals surface area contributed by atoms with Crippen molar-refractivity contribution in [1.82, 2.24) is 5.32 Å². The van der Waals surface area contributed by atoms with Gasteiger partial charge in [0.05, 0.1) is 7.11 Å². The van der Waals surface area contributed by atoms with Gasteiger partial charge in [0.25, 0.3) is 5.91 Å². The summed E-state index contributed by atoms with van der Waals surface area (Å²) in [5, 5.41) is 2.61. The lowest BCUT2D eigenvalue weighted by molar-refractivity contribution is -0.138. The molecule has 1 amide bonds. The van der Waals surface area contributed by atoms with E-state index < -0.39 is 11.9 Å². The molecule has 0 bridgehead atoms. The van der Waals surface area contributed by atoms with E-state index in [1.165, 1.54) is 6.08 Å². The van der Waals surface area contributed by atoms with Crippen LogP contribution >= 0.6 is 15.9 Å². The Morgan fingerprint density at radius 3 is 2.54 bits per heavy atom. The number of amides is 1. The minimum atomic E-state index is -0.649. The van der Waals surface area contributed by atoms with Crippen LogP contribution in [0.25, 0.3) is 6.08 Å². The average molecular weight is 416 g/mol. The molecule has 0 aliphatic rings. The van der Waals surface area contributed by atoms with Crippen molar-refractivity contribution >= 4 is 33.9 Å². The molecule has 0 aliphatic heterocycles. The number of hydrogen-bond donors (Lipinski definition) is 1. The number of halogens is 1.